The molecule has 0 spiro atoms. The maximum Gasteiger partial charge on any atom is 0.407 e. The van der Waals surface area contributed by atoms with Crippen molar-refractivity contribution in [1.82, 2.24) is 5.32 Å². The maximum absolute atomic E-state index is 12.1. The second-order valence-corrected chi connectivity index (χ2v) is 7.39. The first kappa shape index (κ1) is 19.6. The van der Waals surface area contributed by atoms with Crippen molar-refractivity contribution in [3.63, 3.8) is 0 Å². The van der Waals surface area contributed by atoms with E-state index in [4.69, 9.17) is 16.3 Å². The van der Waals surface area contributed by atoms with Crippen molar-refractivity contribution in [2.45, 2.75) is 59.1 Å². The fourth-order valence-corrected chi connectivity index (χ4v) is 2.42. The maximum atomic E-state index is 12.1. The minimum absolute atomic E-state index is 0.0265. The fraction of sp³-hybridized carbons (Fsp3) is 0.526. The molecule has 1 N–H and O–H groups in total. The van der Waals surface area contributed by atoms with Gasteiger partial charge in [0.15, 0.2) is 0 Å². The van der Waals surface area contributed by atoms with Gasteiger partial charge in [0.1, 0.15) is 5.60 Å². The van der Waals surface area contributed by atoms with Gasteiger partial charge in [0.2, 0.25) is 0 Å². The van der Waals surface area contributed by atoms with Crippen LogP contribution in [-0.4, -0.2) is 17.7 Å². The second-order valence-electron chi connectivity index (χ2n) is 6.96. The van der Waals surface area contributed by atoms with Gasteiger partial charge < -0.3 is 10.1 Å². The molecule has 1 aromatic carbocycles. The predicted octanol–water partition coefficient (Wildman–Crippen LogP) is 5.68. The van der Waals surface area contributed by atoms with Gasteiger partial charge in [0.25, 0.3) is 0 Å². The molecule has 0 bridgehead atoms. The normalized spacial score (nSPS) is 14.0. The van der Waals surface area contributed by atoms with Crippen LogP contribution in [0.1, 0.15) is 53.0 Å². The molecular weight excluding hydrogens is 310 g/mol. The van der Waals surface area contributed by atoms with Gasteiger partial charge >= 0.3 is 6.09 Å². The third-order valence-electron chi connectivity index (χ3n) is 3.73. The smallest absolute Gasteiger partial charge is 0.407 e. The van der Waals surface area contributed by atoms with E-state index < -0.39 is 5.60 Å². The highest BCUT2D eigenvalue weighted by molar-refractivity contribution is 6.30. The zero-order valence-electron chi connectivity index (χ0n) is 14.8. The van der Waals surface area contributed by atoms with Crippen LogP contribution in [0.4, 0.5) is 4.79 Å². The van der Waals surface area contributed by atoms with Gasteiger partial charge in [-0.2, -0.15) is 0 Å². The van der Waals surface area contributed by atoms with Crippen molar-refractivity contribution in [1.29, 1.82) is 0 Å². The Hall–Kier alpha value is -1.48. The van der Waals surface area contributed by atoms with Crippen LogP contribution in [-0.2, 0) is 4.74 Å². The number of nitrogens with one attached hydrogen (secondary N) is 1. The summed E-state index contributed by atoms with van der Waals surface area (Å²) in [5, 5.41) is 3.67. The number of amides is 1. The molecule has 0 aliphatic rings. The Labute approximate surface area is 145 Å². The lowest BCUT2D eigenvalue weighted by atomic mass is 9.91. The molecule has 3 nitrogen and oxygen atoms in total. The lowest BCUT2D eigenvalue weighted by Gasteiger charge is -2.27. The van der Waals surface area contributed by atoms with E-state index in [1.165, 1.54) is 0 Å². The number of alkyl carbamates (subject to hydrolysis) is 1. The predicted molar refractivity (Wildman–Crippen MR) is 97.7 cm³/mol. The van der Waals surface area contributed by atoms with E-state index >= 15 is 0 Å². The molecule has 1 aromatic rings. The number of hydrogen-bond donors (Lipinski definition) is 1. The summed E-state index contributed by atoms with van der Waals surface area (Å²) in [6, 6.07) is 7.59. The number of hydrogen-bond acceptors (Lipinski definition) is 2. The third kappa shape index (κ3) is 7.08. The van der Waals surface area contributed by atoms with Gasteiger partial charge in [-0.15, -0.1) is 0 Å². The first-order valence-corrected chi connectivity index (χ1v) is 8.43. The minimum Gasteiger partial charge on any atom is -0.444 e. The summed E-state index contributed by atoms with van der Waals surface area (Å²) in [6.45, 7) is 14.0. The number of rotatable bonds is 6. The average molecular weight is 338 g/mol. The highest BCUT2D eigenvalue weighted by atomic mass is 35.5. The molecule has 0 aromatic heterocycles. The van der Waals surface area contributed by atoms with Crippen molar-refractivity contribution >= 4 is 23.3 Å². The number of carbonyl (C=O) groups excluding carboxylic acids is 1. The molecule has 0 aliphatic heterocycles. The van der Waals surface area contributed by atoms with Crippen molar-refractivity contribution in [3.05, 3.63) is 41.4 Å². The highest BCUT2D eigenvalue weighted by Gasteiger charge is 2.23. The van der Waals surface area contributed by atoms with E-state index in [0.29, 0.717) is 17.4 Å². The average Bonchev–Trinajstić information content (AvgIpc) is 2.43. The number of halogens is 1. The van der Waals surface area contributed by atoms with Crippen LogP contribution in [0.2, 0.25) is 5.02 Å². The number of ether oxygens (including phenoxy) is 1. The molecule has 1 rings (SSSR count). The largest absolute Gasteiger partial charge is 0.444 e. The van der Waals surface area contributed by atoms with Crippen LogP contribution in [0.3, 0.4) is 0 Å². The molecule has 0 saturated heterocycles. The van der Waals surface area contributed by atoms with Crippen LogP contribution in [0, 0.1) is 5.92 Å². The summed E-state index contributed by atoms with van der Waals surface area (Å²) in [7, 11) is 0. The molecule has 0 aliphatic carbocycles. The first-order valence-electron chi connectivity index (χ1n) is 8.05. The van der Waals surface area contributed by atoms with Gasteiger partial charge in [-0.1, -0.05) is 50.6 Å². The summed E-state index contributed by atoms with van der Waals surface area (Å²) in [4.78, 5) is 12.1. The summed E-state index contributed by atoms with van der Waals surface area (Å²) < 4.78 is 5.37. The highest BCUT2D eigenvalue weighted by Crippen LogP contribution is 2.24. The Morgan fingerprint density at radius 1 is 1.39 bits per heavy atom. The van der Waals surface area contributed by atoms with E-state index in [2.05, 4.69) is 25.7 Å². The Morgan fingerprint density at radius 2 is 2.04 bits per heavy atom. The summed E-state index contributed by atoms with van der Waals surface area (Å²) in [6.07, 6.45) is 1.24. The van der Waals surface area contributed by atoms with E-state index in [-0.39, 0.29) is 12.1 Å². The van der Waals surface area contributed by atoms with E-state index in [0.717, 1.165) is 17.6 Å². The van der Waals surface area contributed by atoms with Crippen LogP contribution in [0.25, 0.3) is 5.57 Å². The lowest BCUT2D eigenvalue weighted by Crippen LogP contribution is -2.42. The monoisotopic (exact) mass is 337 g/mol. The molecular formula is C19H28ClNO2. The van der Waals surface area contributed by atoms with Gasteiger partial charge in [-0.3, -0.25) is 0 Å². The summed E-state index contributed by atoms with van der Waals surface area (Å²) >= 11 is 6.04. The Bertz CT molecular complexity index is 549. The molecule has 0 radical (unpaired) electrons. The lowest BCUT2D eigenvalue weighted by molar-refractivity contribution is 0.0489. The van der Waals surface area contributed by atoms with Gasteiger partial charge in [-0.05, 0) is 56.4 Å². The molecule has 0 saturated carbocycles. The van der Waals surface area contributed by atoms with E-state index in [1.807, 2.05) is 45.0 Å². The first-order chi connectivity index (χ1) is 10.6. The molecule has 23 heavy (non-hydrogen) atoms. The van der Waals surface area contributed by atoms with Crippen LogP contribution in [0.15, 0.2) is 30.8 Å². The van der Waals surface area contributed by atoms with Crippen molar-refractivity contribution in [2.24, 2.45) is 5.92 Å². The molecule has 0 heterocycles. The zero-order valence-corrected chi connectivity index (χ0v) is 15.5. The van der Waals surface area contributed by atoms with Gasteiger partial charge in [0.05, 0.1) is 0 Å². The van der Waals surface area contributed by atoms with Crippen molar-refractivity contribution in [3.8, 4) is 0 Å². The van der Waals surface area contributed by atoms with Crippen LogP contribution < -0.4 is 5.32 Å². The molecule has 1 unspecified atom stereocenters. The minimum atomic E-state index is -0.506. The topological polar surface area (TPSA) is 38.3 Å². The fourth-order valence-electron chi connectivity index (χ4n) is 2.23. The molecule has 4 heteroatoms. The summed E-state index contributed by atoms with van der Waals surface area (Å²) in [5.41, 5.74) is 1.44. The number of benzene rings is 1. The third-order valence-corrected chi connectivity index (χ3v) is 3.97. The SMILES string of the molecule is C=C(C[C@H](NC(=O)OC(C)(C)C)C(C)CC)c1cccc(Cl)c1. The Morgan fingerprint density at radius 3 is 2.57 bits per heavy atom. The van der Waals surface area contributed by atoms with Crippen LogP contribution >= 0.6 is 11.6 Å². The molecule has 0 fully saturated rings. The zero-order chi connectivity index (χ0) is 17.6. The molecule has 2 atom stereocenters. The quantitative estimate of drug-likeness (QED) is 0.724. The second kappa shape index (κ2) is 8.39. The molecule has 1 amide bonds. The van der Waals surface area contributed by atoms with Crippen molar-refractivity contribution in [2.75, 3.05) is 0 Å². The molecule has 128 valence electrons. The van der Waals surface area contributed by atoms with Crippen LogP contribution in [0.5, 0.6) is 0 Å². The van der Waals surface area contributed by atoms with Crippen molar-refractivity contribution < 1.29 is 9.53 Å². The van der Waals surface area contributed by atoms with E-state index in [1.54, 1.807) is 0 Å². The Kier molecular flexibility index (Phi) is 7.14. The van der Waals surface area contributed by atoms with E-state index in [9.17, 15) is 4.79 Å². The van der Waals surface area contributed by atoms with Gasteiger partial charge in [0, 0.05) is 11.1 Å². The standard InChI is InChI=1S/C19H28ClNO2/c1-7-13(2)17(21-18(22)23-19(4,5)6)11-14(3)15-9-8-10-16(20)12-15/h8-10,12-13,17H,3,7,11H2,1-2,4-6H3,(H,21,22)/t13?,17-/m0/s1. The Balaban J connectivity index is 2.79. The van der Waals surface area contributed by atoms with Gasteiger partial charge in [-0.25, -0.2) is 4.79 Å². The number of carbonyl (C=O) groups is 1. The summed E-state index contributed by atoms with van der Waals surface area (Å²) in [5.74, 6) is 0.318.